The molecule has 7 heteroatoms. The van der Waals surface area contributed by atoms with Crippen molar-refractivity contribution in [3.05, 3.63) is 33.9 Å². The van der Waals surface area contributed by atoms with E-state index in [4.69, 9.17) is 5.26 Å². The lowest BCUT2D eigenvalue weighted by atomic mass is 10.1. The Kier molecular flexibility index (Phi) is 4.83. The van der Waals surface area contributed by atoms with E-state index in [0.29, 0.717) is 6.54 Å². The zero-order chi connectivity index (χ0) is 14.4. The molecule has 0 fully saturated rings. The third kappa shape index (κ3) is 3.67. The zero-order valence-electron chi connectivity index (χ0n) is 10.6. The van der Waals surface area contributed by atoms with Gasteiger partial charge in [-0.2, -0.15) is 5.26 Å². The quantitative estimate of drug-likeness (QED) is 0.616. The summed E-state index contributed by atoms with van der Waals surface area (Å²) in [5.41, 5.74) is 0.272. The second-order valence-corrected chi connectivity index (χ2v) is 3.86. The molecule has 0 aromatic heterocycles. The Labute approximate surface area is 110 Å². The minimum absolute atomic E-state index is 0.155. The number of carbonyl (C=O) groups excluding carboxylic acids is 1. The molecular weight excluding hydrogens is 248 g/mol. The van der Waals surface area contributed by atoms with E-state index < -0.39 is 11.0 Å². The summed E-state index contributed by atoms with van der Waals surface area (Å²) in [4.78, 5) is 21.9. The first kappa shape index (κ1) is 14.4. The lowest BCUT2D eigenvalue weighted by molar-refractivity contribution is -0.384. The van der Waals surface area contributed by atoms with Crippen LogP contribution in [0.5, 0.6) is 0 Å². The van der Waals surface area contributed by atoms with Gasteiger partial charge in [-0.05, 0) is 26.0 Å². The number of nitriles is 1. The maximum Gasteiger partial charge on any atom is 0.292 e. The van der Waals surface area contributed by atoms with E-state index in [-0.39, 0.29) is 22.8 Å². The highest BCUT2D eigenvalue weighted by Crippen LogP contribution is 2.25. The number of benzene rings is 1. The van der Waals surface area contributed by atoms with Crippen LogP contribution in [-0.2, 0) is 4.79 Å². The van der Waals surface area contributed by atoms with Gasteiger partial charge in [0.05, 0.1) is 16.6 Å². The van der Waals surface area contributed by atoms with E-state index in [2.05, 4.69) is 10.6 Å². The highest BCUT2D eigenvalue weighted by Gasteiger charge is 2.19. The van der Waals surface area contributed by atoms with Gasteiger partial charge < -0.3 is 10.6 Å². The Morgan fingerprint density at radius 3 is 2.79 bits per heavy atom. The minimum atomic E-state index is -0.632. The van der Waals surface area contributed by atoms with Crippen LogP contribution in [0.2, 0.25) is 0 Å². The fraction of sp³-hybridized carbons (Fsp3) is 0.333. The number of hydrogen-bond acceptors (Lipinski definition) is 5. The summed E-state index contributed by atoms with van der Waals surface area (Å²) < 4.78 is 0. The number of rotatable bonds is 5. The molecule has 1 aromatic carbocycles. The second kappa shape index (κ2) is 6.35. The smallest absolute Gasteiger partial charge is 0.292 e. The van der Waals surface area contributed by atoms with Crippen molar-refractivity contribution in [3.63, 3.8) is 0 Å². The van der Waals surface area contributed by atoms with Gasteiger partial charge in [0.15, 0.2) is 0 Å². The summed E-state index contributed by atoms with van der Waals surface area (Å²) >= 11 is 0. The van der Waals surface area contributed by atoms with Gasteiger partial charge in [0.25, 0.3) is 5.69 Å². The summed E-state index contributed by atoms with van der Waals surface area (Å²) in [7, 11) is 0. The Hall–Kier alpha value is -2.62. The fourth-order valence-corrected chi connectivity index (χ4v) is 1.51. The Morgan fingerprint density at radius 1 is 1.58 bits per heavy atom. The van der Waals surface area contributed by atoms with Crippen molar-refractivity contribution in [1.29, 1.82) is 5.26 Å². The molecule has 19 heavy (non-hydrogen) atoms. The molecule has 2 N–H and O–H groups in total. The van der Waals surface area contributed by atoms with Gasteiger partial charge >= 0.3 is 0 Å². The van der Waals surface area contributed by atoms with Crippen LogP contribution >= 0.6 is 0 Å². The summed E-state index contributed by atoms with van der Waals surface area (Å²) in [6, 6.07) is 5.22. The van der Waals surface area contributed by atoms with Gasteiger partial charge in [-0.1, -0.05) is 0 Å². The third-order valence-corrected chi connectivity index (χ3v) is 2.44. The molecule has 0 aliphatic carbocycles. The van der Waals surface area contributed by atoms with Crippen molar-refractivity contribution in [1.82, 2.24) is 5.32 Å². The van der Waals surface area contributed by atoms with Gasteiger partial charge in [-0.15, -0.1) is 0 Å². The van der Waals surface area contributed by atoms with Crippen LogP contribution in [0.4, 0.5) is 11.4 Å². The molecule has 0 saturated heterocycles. The first-order valence-electron chi connectivity index (χ1n) is 5.72. The van der Waals surface area contributed by atoms with E-state index in [1.54, 1.807) is 13.8 Å². The van der Waals surface area contributed by atoms with Crippen LogP contribution in [0.25, 0.3) is 0 Å². The molecule has 0 aliphatic rings. The number of anilines is 1. The third-order valence-electron chi connectivity index (χ3n) is 2.44. The SMILES string of the molecule is CCNC(=O)C(C)Nc1cc(C#N)ccc1[N+](=O)[O-]. The molecule has 0 heterocycles. The topological polar surface area (TPSA) is 108 Å². The Morgan fingerprint density at radius 2 is 2.26 bits per heavy atom. The highest BCUT2D eigenvalue weighted by atomic mass is 16.6. The molecule has 0 saturated carbocycles. The van der Waals surface area contributed by atoms with Crippen molar-refractivity contribution in [3.8, 4) is 6.07 Å². The molecule has 0 radical (unpaired) electrons. The molecule has 1 atom stereocenters. The first-order chi connectivity index (χ1) is 8.99. The van der Waals surface area contributed by atoms with Gasteiger partial charge in [-0.25, -0.2) is 0 Å². The van der Waals surface area contributed by atoms with Gasteiger partial charge in [0.1, 0.15) is 11.7 Å². The van der Waals surface area contributed by atoms with Crippen LogP contribution < -0.4 is 10.6 Å². The summed E-state index contributed by atoms with van der Waals surface area (Å²) in [6.07, 6.45) is 0. The monoisotopic (exact) mass is 262 g/mol. The Bertz CT molecular complexity index is 536. The number of amides is 1. The predicted octanol–water partition coefficient (Wildman–Crippen LogP) is 1.40. The second-order valence-electron chi connectivity index (χ2n) is 3.86. The minimum Gasteiger partial charge on any atom is -0.368 e. The molecule has 100 valence electrons. The number of nitrogens with one attached hydrogen (secondary N) is 2. The van der Waals surface area contributed by atoms with E-state index in [9.17, 15) is 14.9 Å². The summed E-state index contributed by atoms with van der Waals surface area (Å²) in [5.74, 6) is -0.265. The molecule has 1 aromatic rings. The van der Waals surface area contributed by atoms with Gasteiger partial charge in [-0.3, -0.25) is 14.9 Å². The van der Waals surface area contributed by atoms with Crippen LogP contribution in [0, 0.1) is 21.4 Å². The summed E-state index contributed by atoms with van der Waals surface area (Å²) in [5, 5.41) is 25.0. The maximum absolute atomic E-state index is 11.6. The van der Waals surface area contributed by atoms with E-state index >= 15 is 0 Å². The Balaban J connectivity index is 3.01. The molecule has 0 spiro atoms. The molecule has 0 aliphatic heterocycles. The normalized spacial score (nSPS) is 11.2. The molecule has 1 amide bonds. The van der Waals surface area contributed by atoms with E-state index in [0.717, 1.165) is 0 Å². The lowest BCUT2D eigenvalue weighted by Gasteiger charge is -2.14. The van der Waals surface area contributed by atoms with Gasteiger partial charge in [0, 0.05) is 12.6 Å². The highest BCUT2D eigenvalue weighted by molar-refractivity contribution is 5.85. The molecule has 7 nitrogen and oxygen atoms in total. The number of carbonyl (C=O) groups is 1. The average Bonchev–Trinajstić information content (AvgIpc) is 2.38. The number of nitrogens with zero attached hydrogens (tertiary/aromatic N) is 2. The number of nitro groups is 1. The van der Waals surface area contributed by atoms with Crippen molar-refractivity contribution in [2.24, 2.45) is 0 Å². The van der Waals surface area contributed by atoms with Crippen molar-refractivity contribution >= 4 is 17.3 Å². The largest absolute Gasteiger partial charge is 0.368 e. The number of hydrogen-bond donors (Lipinski definition) is 2. The molecule has 1 rings (SSSR count). The van der Waals surface area contributed by atoms with E-state index in [1.807, 2.05) is 6.07 Å². The van der Waals surface area contributed by atoms with Crippen LogP contribution in [-0.4, -0.2) is 23.4 Å². The average molecular weight is 262 g/mol. The van der Waals surface area contributed by atoms with E-state index in [1.165, 1.54) is 18.2 Å². The molecular formula is C12H14N4O3. The summed E-state index contributed by atoms with van der Waals surface area (Å²) in [6.45, 7) is 3.85. The zero-order valence-corrected chi connectivity index (χ0v) is 10.6. The molecule has 0 bridgehead atoms. The van der Waals surface area contributed by atoms with Crippen LogP contribution in [0.15, 0.2) is 18.2 Å². The van der Waals surface area contributed by atoms with Gasteiger partial charge in [0.2, 0.25) is 5.91 Å². The lowest BCUT2D eigenvalue weighted by Crippen LogP contribution is -2.37. The predicted molar refractivity (Wildman–Crippen MR) is 69.6 cm³/mol. The fourth-order valence-electron chi connectivity index (χ4n) is 1.51. The maximum atomic E-state index is 11.6. The molecule has 1 unspecified atom stereocenters. The number of likely N-dealkylation sites (N-methyl/N-ethyl adjacent to an activating group) is 1. The van der Waals surface area contributed by atoms with Crippen molar-refractivity contribution < 1.29 is 9.72 Å². The number of nitro benzene ring substituents is 1. The first-order valence-corrected chi connectivity index (χ1v) is 5.72. The van der Waals surface area contributed by atoms with Crippen molar-refractivity contribution in [2.45, 2.75) is 19.9 Å². The standard InChI is InChI=1S/C12H14N4O3/c1-3-14-12(17)8(2)15-10-6-9(7-13)4-5-11(10)16(18)19/h4-6,8,15H,3H2,1-2H3,(H,14,17). The van der Waals surface area contributed by atoms with Crippen LogP contribution in [0.1, 0.15) is 19.4 Å². The van der Waals surface area contributed by atoms with Crippen LogP contribution in [0.3, 0.4) is 0 Å². The van der Waals surface area contributed by atoms with Crippen molar-refractivity contribution in [2.75, 3.05) is 11.9 Å².